The van der Waals surface area contributed by atoms with E-state index in [1.54, 1.807) is 6.20 Å². The van der Waals surface area contributed by atoms with E-state index < -0.39 is 0 Å². The number of pyridine rings is 1. The predicted molar refractivity (Wildman–Crippen MR) is 114 cm³/mol. The number of aromatic amines is 1. The lowest BCUT2D eigenvalue weighted by molar-refractivity contribution is 0.385. The van der Waals surface area contributed by atoms with Crippen molar-refractivity contribution in [2.75, 3.05) is 0 Å². The number of aryl methyl sites for hydroxylation is 1. The fourth-order valence-corrected chi connectivity index (χ4v) is 3.43. The number of aliphatic hydroxyl groups is 2. The highest BCUT2D eigenvalue weighted by atomic mass is 16.3. The lowest BCUT2D eigenvalue weighted by Gasteiger charge is -2.10. The number of imidazole rings is 1. The van der Waals surface area contributed by atoms with E-state index in [1.807, 2.05) is 6.07 Å². The average molecular weight is 386 g/mol. The highest BCUT2D eigenvalue weighted by molar-refractivity contribution is 5.74. The Morgan fingerprint density at radius 2 is 2.11 bits per heavy atom. The second-order valence-electron chi connectivity index (χ2n) is 7.36. The van der Waals surface area contributed by atoms with Gasteiger partial charge in [0.2, 0.25) is 0 Å². The van der Waals surface area contributed by atoms with Crippen LogP contribution in [0.5, 0.6) is 0 Å². The maximum absolute atomic E-state index is 12.4. The molecule has 6 heteroatoms. The molecule has 2 heterocycles. The van der Waals surface area contributed by atoms with Gasteiger partial charge >= 0.3 is 5.69 Å². The van der Waals surface area contributed by atoms with E-state index in [0.29, 0.717) is 11.0 Å². The van der Waals surface area contributed by atoms with Crippen LogP contribution in [0.4, 0.5) is 0 Å². The minimum Gasteiger partial charge on any atom is -0.508 e. The monoisotopic (exact) mass is 385 g/mol. The summed E-state index contributed by atoms with van der Waals surface area (Å²) >= 11 is 0. The van der Waals surface area contributed by atoms with Gasteiger partial charge < -0.3 is 15.2 Å². The highest BCUT2D eigenvalue weighted by Crippen LogP contribution is 2.19. The van der Waals surface area contributed by atoms with Crippen LogP contribution in [-0.2, 0) is 13.0 Å². The number of fused-ring (bicyclic) bond motifs is 1. The molecule has 0 spiro atoms. The van der Waals surface area contributed by atoms with Gasteiger partial charge in [0.15, 0.2) is 0 Å². The summed E-state index contributed by atoms with van der Waals surface area (Å²) in [7, 11) is 0. The zero-order chi connectivity index (χ0) is 20.7. The maximum Gasteiger partial charge on any atom is 0.326 e. The van der Waals surface area contributed by atoms with E-state index in [-0.39, 0.29) is 29.3 Å². The Morgan fingerprint density at radius 1 is 1.36 bits per heavy atom. The molecule has 28 heavy (non-hydrogen) atoms. The molecule has 0 fully saturated rings. The van der Waals surface area contributed by atoms with Crippen LogP contribution in [0.2, 0.25) is 0 Å². The largest absolute Gasteiger partial charge is 0.508 e. The minimum atomic E-state index is -0.335. The third-order valence-corrected chi connectivity index (χ3v) is 5.04. The Kier molecular flexibility index (Phi) is 7.67. The van der Waals surface area contributed by atoms with Crippen molar-refractivity contribution in [3.05, 3.63) is 64.8 Å². The van der Waals surface area contributed by atoms with E-state index >= 15 is 0 Å². The first-order valence-corrected chi connectivity index (χ1v) is 9.87. The highest BCUT2D eigenvalue weighted by Gasteiger charge is 2.14. The van der Waals surface area contributed by atoms with Crippen molar-refractivity contribution in [1.29, 1.82) is 0 Å². The molecule has 2 aromatic heterocycles. The molecule has 0 amide bonds. The summed E-state index contributed by atoms with van der Waals surface area (Å²) in [5.74, 6) is 0.253. The molecule has 0 saturated carbocycles. The van der Waals surface area contributed by atoms with E-state index in [0.717, 1.165) is 30.9 Å². The Bertz CT molecular complexity index is 921. The molecule has 152 valence electrons. The summed E-state index contributed by atoms with van der Waals surface area (Å²) in [6.45, 7) is 11.5. The van der Waals surface area contributed by atoms with Crippen LogP contribution in [0.1, 0.15) is 51.6 Å². The predicted octanol–water partition coefficient (Wildman–Crippen LogP) is 4.94. The summed E-state index contributed by atoms with van der Waals surface area (Å²) in [4.78, 5) is 19.6. The van der Waals surface area contributed by atoms with Gasteiger partial charge in [0.1, 0.15) is 11.5 Å². The van der Waals surface area contributed by atoms with E-state index in [1.165, 1.54) is 29.9 Å². The zero-order valence-electron chi connectivity index (χ0n) is 16.9. The Hall–Kier alpha value is -2.76. The van der Waals surface area contributed by atoms with Crippen molar-refractivity contribution in [2.45, 2.75) is 58.9 Å². The van der Waals surface area contributed by atoms with Gasteiger partial charge in [0.25, 0.3) is 0 Å². The van der Waals surface area contributed by atoms with Crippen molar-refractivity contribution in [3.8, 4) is 0 Å². The molecule has 0 radical (unpaired) electrons. The summed E-state index contributed by atoms with van der Waals surface area (Å²) < 4.78 is 1.46. The molecule has 0 aliphatic rings. The van der Waals surface area contributed by atoms with Crippen molar-refractivity contribution in [2.24, 2.45) is 5.92 Å². The lowest BCUT2D eigenvalue weighted by Crippen LogP contribution is -2.19. The molecule has 0 aromatic carbocycles. The summed E-state index contributed by atoms with van der Waals surface area (Å²) in [5, 5.41) is 19.7. The number of allylic oxidation sites excluding steroid dienone is 2. The summed E-state index contributed by atoms with van der Waals surface area (Å²) in [6, 6.07) is 1.89. The van der Waals surface area contributed by atoms with Crippen LogP contribution < -0.4 is 5.69 Å². The maximum atomic E-state index is 12.4. The first-order valence-electron chi connectivity index (χ1n) is 9.87. The van der Waals surface area contributed by atoms with Gasteiger partial charge in [-0.25, -0.2) is 4.79 Å². The quantitative estimate of drug-likeness (QED) is 0.290. The number of nitrogens with zero attached hydrogens (tertiary/aromatic N) is 2. The van der Waals surface area contributed by atoms with Gasteiger partial charge in [-0.2, -0.15) is 0 Å². The van der Waals surface area contributed by atoms with Crippen LogP contribution in [0.15, 0.2) is 53.4 Å². The molecular formula is C22H31N3O3. The van der Waals surface area contributed by atoms with Crippen molar-refractivity contribution in [3.63, 3.8) is 0 Å². The molecular weight excluding hydrogens is 354 g/mol. The molecule has 0 bridgehead atoms. The lowest BCUT2D eigenvalue weighted by atomic mass is 9.98. The van der Waals surface area contributed by atoms with Gasteiger partial charge in [-0.15, -0.1) is 0 Å². The zero-order valence-corrected chi connectivity index (χ0v) is 16.9. The molecule has 2 aromatic rings. The van der Waals surface area contributed by atoms with Crippen LogP contribution in [0.25, 0.3) is 11.0 Å². The molecule has 6 nitrogen and oxygen atoms in total. The summed E-state index contributed by atoms with van der Waals surface area (Å²) in [6.07, 6.45) is 9.64. The van der Waals surface area contributed by atoms with Crippen molar-refractivity contribution < 1.29 is 10.2 Å². The second-order valence-corrected chi connectivity index (χ2v) is 7.36. The Morgan fingerprint density at radius 3 is 2.75 bits per heavy atom. The number of nitrogens with one attached hydrogen (secondary N) is 1. The number of rotatable bonds is 11. The number of hydrogen-bond donors (Lipinski definition) is 3. The first-order chi connectivity index (χ1) is 13.4. The van der Waals surface area contributed by atoms with Gasteiger partial charge in [-0.3, -0.25) is 9.55 Å². The molecule has 0 aliphatic carbocycles. The number of unbranched alkanes of at least 4 members (excludes halogenated alkanes) is 1. The van der Waals surface area contributed by atoms with Gasteiger partial charge in [-0.05, 0) is 30.9 Å². The number of H-pyrrole nitrogens is 1. The number of aliphatic hydroxyl groups excluding tert-OH is 2. The third kappa shape index (κ3) is 5.38. The van der Waals surface area contributed by atoms with Crippen molar-refractivity contribution in [1.82, 2.24) is 14.5 Å². The van der Waals surface area contributed by atoms with E-state index in [9.17, 15) is 15.0 Å². The molecule has 1 atom stereocenters. The van der Waals surface area contributed by atoms with Crippen LogP contribution in [0.3, 0.4) is 0 Å². The number of hydrogen-bond acceptors (Lipinski definition) is 4. The van der Waals surface area contributed by atoms with Gasteiger partial charge in [-0.1, -0.05) is 52.7 Å². The topological polar surface area (TPSA) is 91.1 Å². The van der Waals surface area contributed by atoms with E-state index in [4.69, 9.17) is 0 Å². The second kappa shape index (κ2) is 9.97. The van der Waals surface area contributed by atoms with Crippen LogP contribution in [0, 0.1) is 5.92 Å². The molecule has 0 aliphatic heterocycles. The Labute approximate surface area is 165 Å². The van der Waals surface area contributed by atoms with Gasteiger partial charge in [0, 0.05) is 5.69 Å². The fraction of sp³-hybridized carbons (Fsp3) is 0.455. The van der Waals surface area contributed by atoms with E-state index in [2.05, 4.69) is 37.0 Å². The van der Waals surface area contributed by atoms with Crippen molar-refractivity contribution >= 4 is 11.0 Å². The first kappa shape index (κ1) is 21.5. The SMILES string of the molecule is C=C/C(O)=C(/Cn1c(=O)[nH]c2cnc(CCCC[C@@H](C)CCC)cc21)C(=C)O. The normalized spacial score (nSPS) is 13.4. The van der Waals surface area contributed by atoms with Crippen LogP contribution in [-0.4, -0.2) is 24.7 Å². The smallest absolute Gasteiger partial charge is 0.326 e. The standard InChI is InChI=1S/C22H31N3O3/c1-5-9-15(3)10-7-8-11-17-12-20-19(13-23-17)24-22(28)25(20)14-18(16(4)26)21(27)6-2/h6,12-13,15,26-27H,2,4-5,7-11,14H2,1,3H3,(H,24,28)/b21-18+/t15-/m0/s1. The fourth-order valence-electron chi connectivity index (χ4n) is 3.43. The Balaban J connectivity index is 2.19. The molecule has 0 unspecified atom stereocenters. The van der Waals surface area contributed by atoms with Gasteiger partial charge in [0.05, 0.1) is 29.3 Å². The molecule has 0 saturated heterocycles. The average Bonchev–Trinajstić information content (AvgIpc) is 2.97. The molecule has 3 N–H and O–H groups in total. The minimum absolute atomic E-state index is 0.00991. The summed E-state index contributed by atoms with van der Waals surface area (Å²) in [5.41, 5.74) is 2.04. The number of aromatic nitrogens is 3. The van der Waals surface area contributed by atoms with Crippen LogP contribution >= 0.6 is 0 Å². The third-order valence-electron chi connectivity index (χ3n) is 5.04. The molecule has 2 rings (SSSR count).